The van der Waals surface area contributed by atoms with Crippen LogP contribution in [-0.2, 0) is 0 Å². The van der Waals surface area contributed by atoms with Crippen LogP contribution in [0.25, 0.3) is 10.9 Å². The van der Waals surface area contributed by atoms with Gasteiger partial charge in [-0.1, -0.05) is 11.6 Å². The second kappa shape index (κ2) is 9.00. The van der Waals surface area contributed by atoms with Gasteiger partial charge in [0.25, 0.3) is 0 Å². The number of hydrogen-bond donors (Lipinski definition) is 1. The van der Waals surface area contributed by atoms with Crippen molar-refractivity contribution in [2.75, 3.05) is 11.9 Å². The molecule has 1 aromatic heterocycles. The van der Waals surface area contributed by atoms with Gasteiger partial charge in [-0.05, 0) is 92.6 Å². The van der Waals surface area contributed by atoms with Crippen LogP contribution in [0.3, 0.4) is 0 Å². The van der Waals surface area contributed by atoms with E-state index >= 15 is 0 Å². The molecule has 1 fully saturated rings. The number of pyridine rings is 1. The normalized spacial score (nSPS) is 18.9. The smallest absolute Gasteiger partial charge is 0.322 e. The third kappa shape index (κ3) is 4.41. The fraction of sp³-hybridized carbons (Fsp3) is 0.333. The van der Waals surface area contributed by atoms with Crippen LogP contribution in [0.4, 0.5) is 14.9 Å². The summed E-state index contributed by atoms with van der Waals surface area (Å²) in [6, 6.07) is 14.0. The molecule has 1 aliphatic carbocycles. The summed E-state index contributed by atoms with van der Waals surface area (Å²) in [6.45, 7) is 2.66. The zero-order valence-electron chi connectivity index (χ0n) is 16.9. The molecule has 0 radical (unpaired) electrons. The quantitative estimate of drug-likeness (QED) is 0.511. The van der Waals surface area contributed by atoms with E-state index in [2.05, 4.69) is 10.3 Å². The zero-order chi connectivity index (χ0) is 21.1. The van der Waals surface area contributed by atoms with E-state index in [1.165, 1.54) is 6.07 Å². The number of halogens is 2. The summed E-state index contributed by atoms with van der Waals surface area (Å²) >= 11 is 5.92. The van der Waals surface area contributed by atoms with E-state index in [0.717, 1.165) is 47.8 Å². The molecule has 2 aromatic carbocycles. The topological polar surface area (TPSA) is 45.2 Å². The Morgan fingerprint density at radius 2 is 1.87 bits per heavy atom. The van der Waals surface area contributed by atoms with E-state index < -0.39 is 0 Å². The molecule has 1 aliphatic rings. The standard InChI is InChI=1S/C24H25ClFN3O/c1-2-29(24(30)28-19-8-5-17(25)6-9-19)20-10-3-16(4-11-20)21-13-14-27-23-12-7-18(26)15-22(21)23/h5-9,12-16,20H,2-4,10-11H2,1H3,(H,28,30)/t16-,20+. The third-order valence-corrected chi connectivity index (χ3v) is 6.26. The fourth-order valence-corrected chi connectivity index (χ4v) is 4.62. The number of urea groups is 1. The molecule has 156 valence electrons. The summed E-state index contributed by atoms with van der Waals surface area (Å²) in [4.78, 5) is 19.1. The zero-order valence-corrected chi connectivity index (χ0v) is 17.7. The van der Waals surface area contributed by atoms with Crippen LogP contribution in [0.1, 0.15) is 44.1 Å². The monoisotopic (exact) mass is 425 g/mol. The van der Waals surface area contributed by atoms with Crippen LogP contribution in [-0.4, -0.2) is 28.5 Å². The lowest BCUT2D eigenvalue weighted by molar-refractivity contribution is 0.167. The molecular weight excluding hydrogens is 401 g/mol. The number of aromatic nitrogens is 1. The predicted molar refractivity (Wildman–Crippen MR) is 120 cm³/mol. The number of amides is 2. The van der Waals surface area contributed by atoms with Crippen LogP contribution in [0.5, 0.6) is 0 Å². The molecule has 2 amide bonds. The molecule has 0 aliphatic heterocycles. The van der Waals surface area contributed by atoms with Gasteiger partial charge < -0.3 is 10.2 Å². The van der Waals surface area contributed by atoms with Crippen molar-refractivity contribution in [1.29, 1.82) is 0 Å². The summed E-state index contributed by atoms with van der Waals surface area (Å²) in [5.74, 6) is 0.119. The van der Waals surface area contributed by atoms with Crippen molar-refractivity contribution in [2.24, 2.45) is 0 Å². The number of nitrogens with one attached hydrogen (secondary N) is 1. The number of hydrogen-bond acceptors (Lipinski definition) is 2. The Bertz CT molecular complexity index is 1030. The van der Waals surface area contributed by atoms with E-state index in [9.17, 15) is 9.18 Å². The van der Waals surface area contributed by atoms with Crippen molar-refractivity contribution in [3.05, 3.63) is 71.1 Å². The Balaban J connectivity index is 1.44. The maximum Gasteiger partial charge on any atom is 0.322 e. The van der Waals surface area contributed by atoms with Crippen LogP contribution < -0.4 is 5.32 Å². The van der Waals surface area contributed by atoms with Gasteiger partial charge in [0.05, 0.1) is 5.52 Å². The van der Waals surface area contributed by atoms with Crippen molar-refractivity contribution in [1.82, 2.24) is 9.88 Å². The minimum Gasteiger partial charge on any atom is -0.322 e. The van der Waals surface area contributed by atoms with Gasteiger partial charge in [0, 0.05) is 34.9 Å². The predicted octanol–water partition coefficient (Wildman–Crippen LogP) is 6.61. The maximum atomic E-state index is 13.8. The van der Waals surface area contributed by atoms with Crippen molar-refractivity contribution >= 4 is 34.2 Å². The Hall–Kier alpha value is -2.66. The maximum absolute atomic E-state index is 13.8. The van der Waals surface area contributed by atoms with Gasteiger partial charge in [-0.25, -0.2) is 9.18 Å². The molecule has 6 heteroatoms. The Kier molecular flexibility index (Phi) is 6.18. The first-order valence-corrected chi connectivity index (χ1v) is 10.8. The highest BCUT2D eigenvalue weighted by Crippen LogP contribution is 2.37. The minimum atomic E-state index is -0.235. The molecule has 30 heavy (non-hydrogen) atoms. The van der Waals surface area contributed by atoms with Crippen molar-refractivity contribution in [2.45, 2.75) is 44.6 Å². The van der Waals surface area contributed by atoms with E-state index in [1.54, 1.807) is 42.6 Å². The van der Waals surface area contributed by atoms with Gasteiger partial charge >= 0.3 is 6.03 Å². The lowest BCUT2D eigenvalue weighted by atomic mass is 9.80. The third-order valence-electron chi connectivity index (χ3n) is 6.01. The lowest BCUT2D eigenvalue weighted by Crippen LogP contribution is -2.44. The summed E-state index contributed by atoms with van der Waals surface area (Å²) in [5, 5.41) is 4.51. The van der Waals surface area contributed by atoms with Crippen molar-refractivity contribution in [3.8, 4) is 0 Å². The molecule has 0 bridgehead atoms. The van der Waals surface area contributed by atoms with Gasteiger partial charge in [0.1, 0.15) is 5.82 Å². The van der Waals surface area contributed by atoms with Crippen LogP contribution in [0, 0.1) is 5.82 Å². The number of rotatable bonds is 4. The largest absolute Gasteiger partial charge is 0.322 e. The SMILES string of the molecule is CCN(C(=O)Nc1ccc(Cl)cc1)[C@H]1CC[C@@H](c2ccnc3ccc(F)cc32)CC1. The molecule has 1 heterocycles. The van der Waals surface area contributed by atoms with Gasteiger partial charge in [-0.3, -0.25) is 4.98 Å². The molecule has 0 unspecified atom stereocenters. The van der Waals surface area contributed by atoms with Gasteiger partial charge in [0.15, 0.2) is 0 Å². The van der Waals surface area contributed by atoms with E-state index in [-0.39, 0.29) is 17.9 Å². The highest BCUT2D eigenvalue weighted by atomic mass is 35.5. The molecule has 1 saturated carbocycles. The molecule has 4 nitrogen and oxygen atoms in total. The Morgan fingerprint density at radius 1 is 1.13 bits per heavy atom. The molecule has 0 saturated heterocycles. The number of nitrogens with zero attached hydrogens (tertiary/aromatic N) is 2. The number of benzene rings is 2. The fourth-order valence-electron chi connectivity index (χ4n) is 4.49. The Labute approximate surface area is 181 Å². The highest BCUT2D eigenvalue weighted by Gasteiger charge is 2.29. The first-order chi connectivity index (χ1) is 14.5. The van der Waals surface area contributed by atoms with E-state index in [4.69, 9.17) is 11.6 Å². The number of fused-ring (bicyclic) bond motifs is 1. The summed E-state index contributed by atoms with van der Waals surface area (Å²) in [6.07, 6.45) is 5.58. The van der Waals surface area contributed by atoms with E-state index in [0.29, 0.717) is 17.5 Å². The second-order valence-electron chi connectivity index (χ2n) is 7.79. The minimum absolute atomic E-state index is 0.0836. The summed E-state index contributed by atoms with van der Waals surface area (Å²) in [7, 11) is 0. The number of anilines is 1. The van der Waals surface area contributed by atoms with Crippen molar-refractivity contribution < 1.29 is 9.18 Å². The van der Waals surface area contributed by atoms with Gasteiger partial charge in [-0.2, -0.15) is 0 Å². The average Bonchev–Trinajstić information content (AvgIpc) is 2.76. The van der Waals surface area contributed by atoms with Crippen LogP contribution in [0.2, 0.25) is 5.02 Å². The van der Waals surface area contributed by atoms with Crippen LogP contribution >= 0.6 is 11.6 Å². The summed E-state index contributed by atoms with van der Waals surface area (Å²) < 4.78 is 13.8. The molecule has 0 spiro atoms. The first-order valence-electron chi connectivity index (χ1n) is 10.4. The average molecular weight is 426 g/mol. The van der Waals surface area contributed by atoms with Gasteiger partial charge in [-0.15, -0.1) is 0 Å². The van der Waals surface area contributed by atoms with E-state index in [1.807, 2.05) is 17.9 Å². The molecule has 3 aromatic rings. The Morgan fingerprint density at radius 3 is 2.57 bits per heavy atom. The number of carbonyl (C=O) groups excluding carboxylic acids is 1. The molecule has 0 atom stereocenters. The van der Waals surface area contributed by atoms with Crippen LogP contribution in [0.15, 0.2) is 54.7 Å². The second-order valence-corrected chi connectivity index (χ2v) is 8.23. The highest BCUT2D eigenvalue weighted by molar-refractivity contribution is 6.30. The molecule has 4 rings (SSSR count). The number of carbonyl (C=O) groups is 1. The molecule has 1 N–H and O–H groups in total. The van der Waals surface area contributed by atoms with Crippen molar-refractivity contribution in [3.63, 3.8) is 0 Å². The molecular formula is C24H25ClFN3O. The summed E-state index contributed by atoms with van der Waals surface area (Å²) in [5.41, 5.74) is 2.72. The first kappa shape index (κ1) is 20.6. The lowest BCUT2D eigenvalue weighted by Gasteiger charge is -2.36. The van der Waals surface area contributed by atoms with Gasteiger partial charge in [0.2, 0.25) is 0 Å².